The summed E-state index contributed by atoms with van der Waals surface area (Å²) in [6, 6.07) is 5.64. The molecule has 9 nitrogen and oxygen atoms in total. The summed E-state index contributed by atoms with van der Waals surface area (Å²) in [5, 5.41) is 0.194. The van der Waals surface area contributed by atoms with Crippen molar-refractivity contribution in [3.8, 4) is 0 Å². The van der Waals surface area contributed by atoms with Crippen LogP contribution in [0.4, 0.5) is 5.69 Å². The molecule has 0 unspecified atom stereocenters. The molecule has 0 bridgehead atoms. The smallest absolute Gasteiger partial charge is 0.303 e. The van der Waals surface area contributed by atoms with Gasteiger partial charge in [0, 0.05) is 43.8 Å². The molecular weight excluding hydrogens is 496 g/mol. The molecule has 0 radical (unpaired) electrons. The Morgan fingerprint density at radius 2 is 1.71 bits per heavy atom. The zero-order valence-electron chi connectivity index (χ0n) is 20.7. The number of thioether (sulfide) groups is 1. The van der Waals surface area contributed by atoms with Gasteiger partial charge in [-0.15, -0.1) is 11.8 Å². The van der Waals surface area contributed by atoms with Crippen LogP contribution in [0, 0.1) is 0 Å². The Kier molecular flexibility index (Phi) is 9.69. The Hall–Kier alpha value is -2.01. The van der Waals surface area contributed by atoms with Gasteiger partial charge >= 0.3 is 17.9 Å². The number of ether oxygens (including phenoxy) is 4. The molecule has 2 aliphatic rings. The number of rotatable bonds is 9. The molecule has 11 heteroatoms. The van der Waals surface area contributed by atoms with E-state index in [0.717, 1.165) is 30.2 Å². The van der Waals surface area contributed by atoms with E-state index in [1.54, 1.807) is 0 Å². The third-order valence-corrected chi connectivity index (χ3v) is 7.62. The van der Waals surface area contributed by atoms with Crippen molar-refractivity contribution in [2.45, 2.75) is 69.3 Å². The van der Waals surface area contributed by atoms with Gasteiger partial charge in [0.05, 0.1) is 10.9 Å². The second-order valence-electron chi connectivity index (χ2n) is 8.43. The van der Waals surface area contributed by atoms with Gasteiger partial charge in [-0.2, -0.15) is 0 Å². The van der Waals surface area contributed by atoms with Crippen LogP contribution in [0.1, 0.15) is 34.6 Å². The summed E-state index contributed by atoms with van der Waals surface area (Å²) in [6.45, 7) is 11.2. The second kappa shape index (κ2) is 12.3. The van der Waals surface area contributed by atoms with E-state index in [1.807, 2.05) is 18.2 Å². The van der Waals surface area contributed by atoms with Gasteiger partial charge in [0.2, 0.25) is 0 Å². The molecule has 1 aromatic rings. The Morgan fingerprint density at radius 1 is 1.06 bits per heavy atom. The van der Waals surface area contributed by atoms with Gasteiger partial charge in [-0.05, 0) is 31.3 Å². The molecular formula is C24H33ClN2O7S. The Balaban J connectivity index is 2.04. The highest BCUT2D eigenvalue weighted by molar-refractivity contribution is 8.00. The first-order valence-electron chi connectivity index (χ1n) is 11.7. The molecule has 2 aliphatic heterocycles. The summed E-state index contributed by atoms with van der Waals surface area (Å²) >= 11 is 7.85. The van der Waals surface area contributed by atoms with Crippen LogP contribution >= 0.6 is 23.4 Å². The normalized spacial score (nSPS) is 25.5. The minimum Gasteiger partial charge on any atom is -0.463 e. The number of carbonyl (C=O) groups is 3. The quantitative estimate of drug-likeness (QED) is 0.351. The predicted molar refractivity (Wildman–Crippen MR) is 133 cm³/mol. The lowest BCUT2D eigenvalue weighted by molar-refractivity contribution is -0.212. The summed E-state index contributed by atoms with van der Waals surface area (Å²) in [7, 11) is 0. The molecule has 2 heterocycles. The van der Waals surface area contributed by atoms with E-state index in [1.165, 1.54) is 32.5 Å². The Bertz CT molecular complexity index is 929. The number of benzene rings is 1. The number of nitrogens with zero attached hydrogens (tertiary/aromatic N) is 2. The van der Waals surface area contributed by atoms with Gasteiger partial charge in [-0.25, -0.2) is 0 Å². The third kappa shape index (κ3) is 6.81. The molecule has 1 fully saturated rings. The van der Waals surface area contributed by atoms with Crippen molar-refractivity contribution in [2.75, 3.05) is 37.7 Å². The molecule has 3 rings (SSSR count). The second-order valence-corrected chi connectivity index (χ2v) is 10.1. The summed E-state index contributed by atoms with van der Waals surface area (Å²) < 4.78 is 23.0. The van der Waals surface area contributed by atoms with Crippen molar-refractivity contribution in [1.29, 1.82) is 0 Å². The highest BCUT2D eigenvalue weighted by Crippen LogP contribution is 2.48. The lowest BCUT2D eigenvalue weighted by atomic mass is 9.98. The summed E-state index contributed by atoms with van der Waals surface area (Å²) in [4.78, 5) is 41.0. The highest BCUT2D eigenvalue weighted by Gasteiger charge is 2.54. The lowest BCUT2D eigenvalue weighted by Crippen LogP contribution is -2.65. The van der Waals surface area contributed by atoms with Gasteiger partial charge in [-0.1, -0.05) is 25.4 Å². The molecule has 1 saturated heterocycles. The maximum Gasteiger partial charge on any atom is 0.303 e. The van der Waals surface area contributed by atoms with Crippen LogP contribution < -0.4 is 4.90 Å². The molecule has 0 saturated carbocycles. The van der Waals surface area contributed by atoms with Crippen LogP contribution in [-0.4, -0.2) is 85.4 Å². The highest BCUT2D eigenvalue weighted by atomic mass is 35.5. The summed E-state index contributed by atoms with van der Waals surface area (Å²) in [5.41, 5.74) is 0.912. The van der Waals surface area contributed by atoms with E-state index in [9.17, 15) is 14.4 Å². The van der Waals surface area contributed by atoms with Crippen molar-refractivity contribution in [1.82, 2.24) is 4.90 Å². The fraction of sp³-hybridized carbons (Fsp3) is 0.625. The van der Waals surface area contributed by atoms with Gasteiger partial charge in [0.15, 0.2) is 12.2 Å². The zero-order chi connectivity index (χ0) is 25.7. The van der Waals surface area contributed by atoms with E-state index >= 15 is 0 Å². The van der Waals surface area contributed by atoms with Crippen molar-refractivity contribution >= 4 is 47.0 Å². The van der Waals surface area contributed by atoms with E-state index in [4.69, 9.17) is 30.5 Å². The SMILES string of the molecule is CCN(CC)CCN1c2cc(Cl)ccc2S[C@H]2[C@@H](OC(C)=O)[C@H](OC(C)=O)[C@@H](COC(C)=O)O[C@H]21. The zero-order valence-corrected chi connectivity index (χ0v) is 22.3. The van der Waals surface area contributed by atoms with Crippen molar-refractivity contribution < 1.29 is 33.3 Å². The molecule has 0 amide bonds. The largest absolute Gasteiger partial charge is 0.463 e. The number of carbonyl (C=O) groups excluding carboxylic acids is 3. The van der Waals surface area contributed by atoms with Crippen molar-refractivity contribution in [3.63, 3.8) is 0 Å². The maximum absolute atomic E-state index is 12.1. The minimum absolute atomic E-state index is 0.148. The van der Waals surface area contributed by atoms with Gasteiger partial charge in [-0.3, -0.25) is 14.4 Å². The standard InChI is InChI=1S/C24H33ClN2O7S/c1-6-26(7-2)10-11-27-18-12-17(25)8-9-20(18)35-23-22(33-16(5)30)21(32-15(4)29)19(34-24(23)27)13-31-14(3)28/h8-9,12,19,21-24H,6-7,10-11,13H2,1-5H3/t19-,21-,22+,23+,24-/m1/s1. The number of fused-ring (bicyclic) bond motifs is 2. The van der Waals surface area contributed by atoms with Crippen LogP contribution in [0.15, 0.2) is 23.1 Å². The number of anilines is 1. The van der Waals surface area contributed by atoms with Crippen molar-refractivity contribution in [3.05, 3.63) is 23.2 Å². The first-order chi connectivity index (χ1) is 16.6. The average molecular weight is 529 g/mol. The maximum atomic E-state index is 12.1. The van der Waals surface area contributed by atoms with E-state index in [-0.39, 0.29) is 6.61 Å². The summed E-state index contributed by atoms with van der Waals surface area (Å²) in [6.07, 6.45) is -3.13. The number of likely N-dealkylation sites (N-methyl/N-ethyl adjacent to an activating group) is 1. The fourth-order valence-corrected chi connectivity index (χ4v) is 5.97. The Morgan fingerprint density at radius 3 is 2.31 bits per heavy atom. The molecule has 1 aromatic carbocycles. The lowest BCUT2D eigenvalue weighted by Gasteiger charge is -2.51. The number of halogens is 1. The molecule has 0 aromatic heterocycles. The first kappa shape index (κ1) is 27.6. The van der Waals surface area contributed by atoms with E-state index in [2.05, 4.69) is 23.6 Å². The molecule has 0 spiro atoms. The number of hydrogen-bond acceptors (Lipinski definition) is 10. The summed E-state index contributed by atoms with van der Waals surface area (Å²) in [5.74, 6) is -1.54. The molecule has 0 N–H and O–H groups in total. The van der Waals surface area contributed by atoms with E-state index in [0.29, 0.717) is 11.6 Å². The Labute approximate surface area is 215 Å². The third-order valence-electron chi connectivity index (χ3n) is 6.02. The van der Waals surface area contributed by atoms with Crippen LogP contribution in [0.25, 0.3) is 0 Å². The van der Waals surface area contributed by atoms with Crippen LogP contribution in [0.3, 0.4) is 0 Å². The van der Waals surface area contributed by atoms with Crippen LogP contribution in [0.2, 0.25) is 5.02 Å². The topological polar surface area (TPSA) is 94.6 Å². The van der Waals surface area contributed by atoms with Gasteiger partial charge in [0.1, 0.15) is 18.9 Å². The van der Waals surface area contributed by atoms with Gasteiger partial charge < -0.3 is 28.7 Å². The van der Waals surface area contributed by atoms with E-state index < -0.39 is 47.7 Å². The van der Waals surface area contributed by atoms with Gasteiger partial charge in [0.25, 0.3) is 0 Å². The first-order valence-corrected chi connectivity index (χ1v) is 13.0. The predicted octanol–water partition coefficient (Wildman–Crippen LogP) is 3.11. The molecule has 5 atom stereocenters. The number of hydrogen-bond donors (Lipinski definition) is 0. The minimum atomic E-state index is -0.942. The van der Waals surface area contributed by atoms with Crippen molar-refractivity contribution in [2.24, 2.45) is 0 Å². The fourth-order valence-electron chi connectivity index (χ4n) is 4.40. The van der Waals surface area contributed by atoms with Crippen LogP contribution in [-0.2, 0) is 33.3 Å². The average Bonchev–Trinajstić information content (AvgIpc) is 2.79. The molecule has 0 aliphatic carbocycles. The van der Waals surface area contributed by atoms with Crippen LogP contribution in [0.5, 0.6) is 0 Å². The monoisotopic (exact) mass is 528 g/mol. The molecule has 194 valence electrons. The number of esters is 3. The molecule has 35 heavy (non-hydrogen) atoms.